The van der Waals surface area contributed by atoms with Crippen LogP contribution >= 0.6 is 0 Å². The largest absolute Gasteiger partial charge is 0.311 e. The predicted molar refractivity (Wildman–Crippen MR) is 312 cm³/mol. The van der Waals surface area contributed by atoms with Crippen molar-refractivity contribution in [3.63, 3.8) is 0 Å². The lowest BCUT2D eigenvalue weighted by Crippen LogP contribution is -2.28. The highest BCUT2D eigenvalue weighted by Crippen LogP contribution is 2.57. The lowest BCUT2D eigenvalue weighted by Gasteiger charge is -2.36. The third-order valence-corrected chi connectivity index (χ3v) is 15.7. The minimum atomic E-state index is 0.0685. The van der Waals surface area contributed by atoms with Gasteiger partial charge in [0.15, 0.2) is 0 Å². The van der Waals surface area contributed by atoms with Gasteiger partial charge in [0.2, 0.25) is 0 Å². The second-order valence-electron chi connectivity index (χ2n) is 20.0. The van der Waals surface area contributed by atoms with E-state index in [2.05, 4.69) is 289 Å². The van der Waals surface area contributed by atoms with Crippen molar-refractivity contribution in [2.75, 3.05) is 9.80 Å². The van der Waals surface area contributed by atoms with Crippen molar-refractivity contribution in [3.05, 3.63) is 290 Å². The SMILES string of the molecule is c1ccc(-c2ccc(N(c3ccc(-c4ccc(N(c5ccc(-c6ccccc6)cc5)c5ccc6c(c5)C5(CCCCC5)c5ccccc5-6)cc4)cc3)c3ccc(-c4cccc(-c5ccccc5)c4)cc3)cc2)cc1. The summed E-state index contributed by atoms with van der Waals surface area (Å²) in [5.41, 5.74) is 24.6. The van der Waals surface area contributed by atoms with Crippen molar-refractivity contribution < 1.29 is 0 Å². The smallest absolute Gasteiger partial charge is 0.0465 e. The average molecular weight is 949 g/mol. The second kappa shape index (κ2) is 19.6. The second-order valence-corrected chi connectivity index (χ2v) is 20.0. The molecular formula is C72H56N2. The molecule has 1 saturated carbocycles. The summed E-state index contributed by atoms with van der Waals surface area (Å²) in [5.74, 6) is 0. The molecule has 1 fully saturated rings. The van der Waals surface area contributed by atoms with Crippen molar-refractivity contribution in [1.82, 2.24) is 0 Å². The molecule has 0 N–H and O–H groups in total. The standard InChI is InChI=1S/C72H56N2/c1-5-16-52(17-6-1)55-26-36-62(37-27-55)73(64-44-34-59(35-45-64)61-23-15-22-60(50-61)54-20-9-3-10-21-54)63-38-30-57(31-39-63)58-32-42-66(43-33-58)74(65-40-28-56(29-41-65)53-18-7-2-8-19-53)67-46-47-69-68-24-11-12-25-70(68)72(71(69)51-67)48-13-4-14-49-72/h1-3,5-12,15-47,50-51H,4,13-14,48-49H2. The molecular weight excluding hydrogens is 893 g/mol. The quantitative estimate of drug-likeness (QED) is 0.127. The number of fused-ring (bicyclic) bond motifs is 5. The Hall–Kier alpha value is -8.98. The van der Waals surface area contributed by atoms with E-state index in [1.807, 2.05) is 0 Å². The van der Waals surface area contributed by atoms with Gasteiger partial charge in [0, 0.05) is 39.5 Å². The van der Waals surface area contributed by atoms with Gasteiger partial charge in [0.1, 0.15) is 0 Å². The van der Waals surface area contributed by atoms with E-state index in [1.165, 1.54) is 116 Å². The zero-order chi connectivity index (χ0) is 49.3. The Morgan fingerprint density at radius 3 is 0.959 bits per heavy atom. The van der Waals surface area contributed by atoms with Gasteiger partial charge in [0.05, 0.1) is 0 Å². The minimum absolute atomic E-state index is 0.0685. The van der Waals surface area contributed by atoms with Gasteiger partial charge in [-0.25, -0.2) is 0 Å². The monoisotopic (exact) mass is 948 g/mol. The third kappa shape index (κ3) is 8.49. The maximum atomic E-state index is 2.52. The van der Waals surface area contributed by atoms with E-state index in [4.69, 9.17) is 0 Å². The van der Waals surface area contributed by atoms with E-state index in [-0.39, 0.29) is 5.41 Å². The Balaban J connectivity index is 0.835. The molecule has 0 radical (unpaired) electrons. The molecule has 354 valence electrons. The molecule has 0 aromatic heterocycles. The fourth-order valence-corrected chi connectivity index (χ4v) is 12.0. The lowest BCUT2D eigenvalue weighted by atomic mass is 9.68. The summed E-state index contributed by atoms with van der Waals surface area (Å²) in [6, 6.07) is 102. The first-order valence-electron chi connectivity index (χ1n) is 26.3. The van der Waals surface area contributed by atoms with Crippen molar-refractivity contribution in [2.24, 2.45) is 0 Å². The maximum absolute atomic E-state index is 2.52. The third-order valence-electron chi connectivity index (χ3n) is 15.7. The van der Waals surface area contributed by atoms with Crippen LogP contribution < -0.4 is 9.80 Å². The van der Waals surface area contributed by atoms with Gasteiger partial charge in [-0.2, -0.15) is 0 Å². The van der Waals surface area contributed by atoms with E-state index in [0.717, 1.165) is 28.4 Å². The number of rotatable bonds is 11. The summed E-state index contributed by atoms with van der Waals surface area (Å²) in [6.45, 7) is 0. The van der Waals surface area contributed by atoms with Crippen LogP contribution in [0.2, 0.25) is 0 Å². The van der Waals surface area contributed by atoms with Gasteiger partial charge >= 0.3 is 0 Å². The molecule has 2 heteroatoms. The summed E-state index contributed by atoms with van der Waals surface area (Å²) >= 11 is 0. The molecule has 0 unspecified atom stereocenters. The topological polar surface area (TPSA) is 6.48 Å². The fourth-order valence-electron chi connectivity index (χ4n) is 12.0. The first kappa shape index (κ1) is 44.9. The Labute approximate surface area is 436 Å². The van der Waals surface area contributed by atoms with Crippen molar-refractivity contribution in [3.8, 4) is 66.8 Å². The van der Waals surface area contributed by atoms with E-state index in [1.54, 1.807) is 0 Å². The summed E-state index contributed by atoms with van der Waals surface area (Å²) in [4.78, 5) is 4.81. The summed E-state index contributed by atoms with van der Waals surface area (Å²) < 4.78 is 0. The normalized spacial score (nSPS) is 13.2. The summed E-state index contributed by atoms with van der Waals surface area (Å²) in [7, 11) is 0. The zero-order valence-corrected chi connectivity index (χ0v) is 41.5. The van der Waals surface area contributed by atoms with Crippen LogP contribution in [0.25, 0.3) is 66.8 Å². The molecule has 11 aromatic carbocycles. The predicted octanol–water partition coefficient (Wildman–Crippen LogP) is 20.2. The number of anilines is 6. The highest BCUT2D eigenvalue weighted by Gasteiger charge is 2.44. The van der Waals surface area contributed by atoms with Crippen LogP contribution in [0.15, 0.2) is 279 Å². The van der Waals surface area contributed by atoms with E-state index >= 15 is 0 Å². The molecule has 74 heavy (non-hydrogen) atoms. The van der Waals surface area contributed by atoms with Gasteiger partial charge in [-0.05, 0) is 170 Å². The molecule has 2 aliphatic rings. The lowest BCUT2D eigenvalue weighted by molar-refractivity contribution is 0.353. The van der Waals surface area contributed by atoms with Gasteiger partial charge in [-0.1, -0.05) is 219 Å². The minimum Gasteiger partial charge on any atom is -0.311 e. The Morgan fingerprint density at radius 1 is 0.216 bits per heavy atom. The first-order chi connectivity index (χ1) is 36.6. The Kier molecular flexibility index (Phi) is 11.9. The number of benzene rings is 11. The maximum Gasteiger partial charge on any atom is 0.0465 e. The molecule has 0 atom stereocenters. The van der Waals surface area contributed by atoms with Crippen LogP contribution in [0.3, 0.4) is 0 Å². The van der Waals surface area contributed by atoms with E-state index in [9.17, 15) is 0 Å². The number of hydrogen-bond acceptors (Lipinski definition) is 2. The van der Waals surface area contributed by atoms with Crippen LogP contribution in [-0.4, -0.2) is 0 Å². The van der Waals surface area contributed by atoms with Gasteiger partial charge in [-0.15, -0.1) is 0 Å². The molecule has 11 aromatic rings. The van der Waals surface area contributed by atoms with Crippen LogP contribution in [0.4, 0.5) is 34.1 Å². The fraction of sp³-hybridized carbons (Fsp3) is 0.0833. The Bertz CT molecular complexity index is 3690. The average Bonchev–Trinajstić information content (AvgIpc) is 3.76. The Morgan fingerprint density at radius 2 is 0.527 bits per heavy atom. The molecule has 13 rings (SSSR count). The highest BCUT2D eigenvalue weighted by molar-refractivity contribution is 5.88. The van der Waals surface area contributed by atoms with Crippen LogP contribution in [0.5, 0.6) is 0 Å². The van der Waals surface area contributed by atoms with Gasteiger partial charge in [-0.3, -0.25) is 0 Å². The molecule has 0 saturated heterocycles. The van der Waals surface area contributed by atoms with Crippen LogP contribution in [0, 0.1) is 0 Å². The molecule has 2 nitrogen and oxygen atoms in total. The molecule has 0 bridgehead atoms. The molecule has 2 aliphatic carbocycles. The van der Waals surface area contributed by atoms with E-state index in [0.29, 0.717) is 0 Å². The number of hydrogen-bond donors (Lipinski definition) is 0. The van der Waals surface area contributed by atoms with Gasteiger partial charge < -0.3 is 9.80 Å². The van der Waals surface area contributed by atoms with Crippen molar-refractivity contribution in [1.29, 1.82) is 0 Å². The van der Waals surface area contributed by atoms with Crippen molar-refractivity contribution >= 4 is 34.1 Å². The molecule has 1 spiro atoms. The van der Waals surface area contributed by atoms with Gasteiger partial charge in [0.25, 0.3) is 0 Å². The zero-order valence-electron chi connectivity index (χ0n) is 41.5. The van der Waals surface area contributed by atoms with E-state index < -0.39 is 0 Å². The number of nitrogens with zero attached hydrogens (tertiary/aromatic N) is 2. The first-order valence-corrected chi connectivity index (χ1v) is 26.3. The molecule has 0 amide bonds. The molecule has 0 aliphatic heterocycles. The van der Waals surface area contributed by atoms with Crippen molar-refractivity contribution in [2.45, 2.75) is 37.5 Å². The highest BCUT2D eigenvalue weighted by atomic mass is 15.1. The molecule has 0 heterocycles. The van der Waals surface area contributed by atoms with Crippen LogP contribution in [-0.2, 0) is 5.41 Å². The van der Waals surface area contributed by atoms with Crippen LogP contribution in [0.1, 0.15) is 43.2 Å². The summed E-state index contributed by atoms with van der Waals surface area (Å²) in [5, 5.41) is 0. The summed E-state index contributed by atoms with van der Waals surface area (Å²) in [6.07, 6.45) is 6.26.